The zero-order valence-electron chi connectivity index (χ0n) is 12.5. The smallest absolute Gasteiger partial charge is 0.221 e. The monoisotopic (exact) mass is 314 g/mol. The van der Waals surface area contributed by atoms with Gasteiger partial charge < -0.3 is 11.1 Å². The number of fused-ring (bicyclic) bond motifs is 1. The van der Waals surface area contributed by atoms with Gasteiger partial charge >= 0.3 is 0 Å². The Morgan fingerprint density at radius 3 is 3.05 bits per heavy atom. The standard InChI is InChI=1S/C16H18N4OS/c1-10(17)6-14-9-22-16-19-15(8-20(14)16)12-4-3-5-13(7-12)18-11(2)21/h3-5,7-10H,6,17H2,1-2H3,(H,18,21). The molecule has 1 unspecified atom stereocenters. The first-order valence-corrected chi connectivity index (χ1v) is 8.00. The van der Waals surface area contributed by atoms with E-state index in [1.54, 1.807) is 11.3 Å². The molecule has 22 heavy (non-hydrogen) atoms. The fourth-order valence-electron chi connectivity index (χ4n) is 2.40. The SMILES string of the molecule is CC(=O)Nc1cccc(-c2cn3c(CC(C)N)csc3n2)c1. The molecule has 3 N–H and O–H groups in total. The molecular formula is C16H18N4OS. The van der Waals surface area contributed by atoms with Crippen molar-refractivity contribution in [1.29, 1.82) is 0 Å². The molecule has 0 bridgehead atoms. The van der Waals surface area contributed by atoms with E-state index in [0.717, 1.165) is 28.3 Å². The third-order valence-corrected chi connectivity index (χ3v) is 4.18. The van der Waals surface area contributed by atoms with Crippen LogP contribution in [0.2, 0.25) is 0 Å². The molecule has 114 valence electrons. The van der Waals surface area contributed by atoms with Crippen molar-refractivity contribution in [3.8, 4) is 11.3 Å². The van der Waals surface area contributed by atoms with E-state index in [1.807, 2.05) is 37.4 Å². The van der Waals surface area contributed by atoms with Crippen LogP contribution in [0.15, 0.2) is 35.8 Å². The van der Waals surface area contributed by atoms with Crippen molar-refractivity contribution in [1.82, 2.24) is 9.38 Å². The van der Waals surface area contributed by atoms with Crippen molar-refractivity contribution in [2.45, 2.75) is 26.3 Å². The van der Waals surface area contributed by atoms with Crippen LogP contribution >= 0.6 is 11.3 Å². The number of nitrogens with one attached hydrogen (secondary N) is 1. The van der Waals surface area contributed by atoms with Gasteiger partial charge in [-0.15, -0.1) is 11.3 Å². The summed E-state index contributed by atoms with van der Waals surface area (Å²) in [6, 6.07) is 7.82. The number of aromatic nitrogens is 2. The maximum Gasteiger partial charge on any atom is 0.221 e. The highest BCUT2D eigenvalue weighted by molar-refractivity contribution is 7.15. The van der Waals surface area contributed by atoms with Crippen LogP contribution in [0.25, 0.3) is 16.2 Å². The number of nitrogens with zero attached hydrogens (tertiary/aromatic N) is 2. The highest BCUT2D eigenvalue weighted by atomic mass is 32.1. The Kier molecular flexibility index (Phi) is 3.96. The summed E-state index contributed by atoms with van der Waals surface area (Å²) in [4.78, 5) is 16.8. The van der Waals surface area contributed by atoms with Gasteiger partial charge in [0.2, 0.25) is 5.91 Å². The first kappa shape index (κ1) is 14.7. The van der Waals surface area contributed by atoms with Crippen molar-refractivity contribution >= 4 is 27.9 Å². The fraction of sp³-hybridized carbons (Fsp3) is 0.250. The van der Waals surface area contributed by atoms with Crippen LogP contribution in [0.5, 0.6) is 0 Å². The maximum atomic E-state index is 11.2. The molecule has 0 saturated heterocycles. The average molecular weight is 314 g/mol. The van der Waals surface area contributed by atoms with Crippen LogP contribution in [0.4, 0.5) is 5.69 Å². The molecule has 2 heterocycles. The number of benzene rings is 1. The largest absolute Gasteiger partial charge is 0.328 e. The van der Waals surface area contributed by atoms with Gasteiger partial charge in [-0.25, -0.2) is 4.98 Å². The highest BCUT2D eigenvalue weighted by Crippen LogP contribution is 2.26. The van der Waals surface area contributed by atoms with Crippen molar-refractivity contribution in [3.63, 3.8) is 0 Å². The van der Waals surface area contributed by atoms with Gasteiger partial charge in [0.25, 0.3) is 0 Å². The Morgan fingerprint density at radius 2 is 2.32 bits per heavy atom. The summed E-state index contributed by atoms with van der Waals surface area (Å²) in [6.45, 7) is 3.50. The second kappa shape index (κ2) is 5.90. The van der Waals surface area contributed by atoms with E-state index in [1.165, 1.54) is 12.6 Å². The Balaban J connectivity index is 1.96. The molecule has 3 aromatic rings. The molecule has 0 saturated carbocycles. The molecule has 6 heteroatoms. The minimum absolute atomic E-state index is 0.0813. The number of rotatable bonds is 4. The molecule has 0 radical (unpaired) electrons. The third kappa shape index (κ3) is 3.03. The minimum Gasteiger partial charge on any atom is -0.328 e. The fourth-order valence-corrected chi connectivity index (χ4v) is 3.29. The van der Waals surface area contributed by atoms with E-state index in [2.05, 4.69) is 20.1 Å². The van der Waals surface area contributed by atoms with Crippen LogP contribution in [0.3, 0.4) is 0 Å². The summed E-state index contributed by atoms with van der Waals surface area (Å²) >= 11 is 1.61. The lowest BCUT2D eigenvalue weighted by Crippen LogP contribution is -2.18. The van der Waals surface area contributed by atoms with Gasteiger partial charge in [0.05, 0.1) is 5.69 Å². The lowest BCUT2D eigenvalue weighted by atomic mass is 10.1. The normalized spacial score (nSPS) is 12.5. The molecular weight excluding hydrogens is 296 g/mol. The topological polar surface area (TPSA) is 72.4 Å². The second-order valence-electron chi connectivity index (χ2n) is 5.45. The first-order valence-electron chi connectivity index (χ1n) is 7.12. The molecule has 0 fully saturated rings. The number of nitrogens with two attached hydrogens (primary N) is 1. The van der Waals surface area contributed by atoms with E-state index in [0.29, 0.717) is 0 Å². The summed E-state index contributed by atoms with van der Waals surface area (Å²) < 4.78 is 2.09. The van der Waals surface area contributed by atoms with Crippen molar-refractivity contribution in [3.05, 3.63) is 41.5 Å². The van der Waals surface area contributed by atoms with Crippen LogP contribution in [0.1, 0.15) is 19.5 Å². The van der Waals surface area contributed by atoms with Crippen LogP contribution in [-0.2, 0) is 11.2 Å². The number of carbonyl (C=O) groups excluding carboxylic acids is 1. The van der Waals surface area contributed by atoms with E-state index in [-0.39, 0.29) is 11.9 Å². The zero-order chi connectivity index (χ0) is 15.7. The number of anilines is 1. The molecule has 1 amide bonds. The van der Waals surface area contributed by atoms with Crippen LogP contribution in [0, 0.1) is 0 Å². The maximum absolute atomic E-state index is 11.2. The van der Waals surface area contributed by atoms with Crippen molar-refractivity contribution in [2.75, 3.05) is 5.32 Å². The van der Waals surface area contributed by atoms with Crippen LogP contribution in [-0.4, -0.2) is 21.3 Å². The molecule has 0 spiro atoms. The number of thiazole rings is 1. The Morgan fingerprint density at radius 1 is 1.50 bits per heavy atom. The van der Waals surface area contributed by atoms with E-state index >= 15 is 0 Å². The Hall–Kier alpha value is -2.18. The van der Waals surface area contributed by atoms with Crippen LogP contribution < -0.4 is 11.1 Å². The number of carbonyl (C=O) groups is 1. The lowest BCUT2D eigenvalue weighted by Gasteiger charge is -2.04. The molecule has 2 aromatic heterocycles. The number of hydrogen-bond donors (Lipinski definition) is 2. The number of hydrogen-bond acceptors (Lipinski definition) is 4. The first-order chi connectivity index (χ1) is 10.5. The highest BCUT2D eigenvalue weighted by Gasteiger charge is 2.11. The van der Waals surface area contributed by atoms with Gasteiger partial charge in [-0.1, -0.05) is 12.1 Å². The Bertz CT molecular complexity index is 819. The van der Waals surface area contributed by atoms with Gasteiger partial charge in [0.1, 0.15) is 0 Å². The molecule has 0 aliphatic carbocycles. The van der Waals surface area contributed by atoms with Gasteiger partial charge in [-0.2, -0.15) is 0 Å². The predicted octanol–water partition coefficient (Wildman–Crippen LogP) is 2.91. The minimum atomic E-state index is -0.0813. The molecule has 5 nitrogen and oxygen atoms in total. The van der Waals surface area contributed by atoms with Gasteiger partial charge in [-0.3, -0.25) is 9.20 Å². The molecule has 3 rings (SSSR count). The third-order valence-electron chi connectivity index (χ3n) is 3.29. The molecule has 1 aromatic carbocycles. The van der Waals surface area contributed by atoms with E-state index in [9.17, 15) is 4.79 Å². The quantitative estimate of drug-likeness (QED) is 0.777. The van der Waals surface area contributed by atoms with Gasteiger partial charge in [0.15, 0.2) is 4.96 Å². The van der Waals surface area contributed by atoms with E-state index in [4.69, 9.17) is 5.73 Å². The predicted molar refractivity (Wildman–Crippen MR) is 90.2 cm³/mol. The summed E-state index contributed by atoms with van der Waals surface area (Å²) in [5.41, 5.74) is 9.71. The second-order valence-corrected chi connectivity index (χ2v) is 6.29. The van der Waals surface area contributed by atoms with E-state index < -0.39 is 0 Å². The molecule has 0 aliphatic rings. The van der Waals surface area contributed by atoms with Gasteiger partial charge in [0, 0.05) is 47.9 Å². The molecule has 1 atom stereocenters. The summed E-state index contributed by atoms with van der Waals surface area (Å²) in [5.74, 6) is -0.0813. The van der Waals surface area contributed by atoms with Crippen molar-refractivity contribution < 1.29 is 4.79 Å². The summed E-state index contributed by atoms with van der Waals surface area (Å²) in [6.07, 6.45) is 2.85. The number of imidazole rings is 1. The summed E-state index contributed by atoms with van der Waals surface area (Å²) in [5, 5.41) is 4.89. The zero-order valence-corrected chi connectivity index (χ0v) is 13.4. The molecule has 0 aliphatic heterocycles. The Labute approximate surface area is 132 Å². The van der Waals surface area contributed by atoms with Gasteiger partial charge in [-0.05, 0) is 19.1 Å². The number of amides is 1. The average Bonchev–Trinajstić information content (AvgIpc) is 3.00. The summed E-state index contributed by atoms with van der Waals surface area (Å²) in [7, 11) is 0. The lowest BCUT2D eigenvalue weighted by molar-refractivity contribution is -0.114. The van der Waals surface area contributed by atoms with Crippen molar-refractivity contribution in [2.24, 2.45) is 5.73 Å².